The molecule has 1 aliphatic heterocycles. The summed E-state index contributed by atoms with van der Waals surface area (Å²) in [6, 6.07) is 3.92. The van der Waals surface area contributed by atoms with E-state index in [0.717, 1.165) is 37.3 Å². The fraction of sp³-hybridized carbons (Fsp3) is 0.471. The second-order valence-electron chi connectivity index (χ2n) is 5.37. The van der Waals surface area contributed by atoms with Gasteiger partial charge in [0.1, 0.15) is 0 Å². The zero-order valence-corrected chi connectivity index (χ0v) is 13.9. The van der Waals surface area contributed by atoms with Crippen molar-refractivity contribution in [1.82, 2.24) is 0 Å². The van der Waals surface area contributed by atoms with Gasteiger partial charge in [-0.05, 0) is 37.5 Å². The van der Waals surface area contributed by atoms with E-state index in [1.54, 1.807) is 6.07 Å². The molecule has 0 radical (unpaired) electrons. The topological polar surface area (TPSA) is 38.8 Å². The van der Waals surface area contributed by atoms with Gasteiger partial charge in [0.15, 0.2) is 0 Å². The van der Waals surface area contributed by atoms with E-state index < -0.39 is 0 Å². The van der Waals surface area contributed by atoms with Gasteiger partial charge >= 0.3 is 5.97 Å². The van der Waals surface area contributed by atoms with E-state index in [-0.39, 0.29) is 5.97 Å². The predicted octanol–water partition coefficient (Wildman–Crippen LogP) is 3.61. The minimum absolute atomic E-state index is 0.356. The lowest BCUT2D eigenvalue weighted by atomic mass is 10.0. The van der Waals surface area contributed by atoms with E-state index in [4.69, 9.17) is 21.1 Å². The van der Waals surface area contributed by atoms with Crippen molar-refractivity contribution in [3.63, 3.8) is 0 Å². The Morgan fingerprint density at radius 3 is 2.77 bits per heavy atom. The van der Waals surface area contributed by atoms with Gasteiger partial charge in [0, 0.05) is 36.5 Å². The SMILES string of the molecule is C=CCN(c1cc(Cl)cc(C(=O)OC)c1C)C1CCOCC1. The van der Waals surface area contributed by atoms with Crippen molar-refractivity contribution in [2.24, 2.45) is 0 Å². The van der Waals surface area contributed by atoms with Gasteiger partial charge in [-0.15, -0.1) is 6.58 Å². The lowest BCUT2D eigenvalue weighted by molar-refractivity contribution is 0.0599. The maximum atomic E-state index is 12.0. The number of hydrogen-bond acceptors (Lipinski definition) is 4. The van der Waals surface area contributed by atoms with Crippen LogP contribution in [0.2, 0.25) is 5.02 Å². The number of rotatable bonds is 5. The fourth-order valence-corrected chi connectivity index (χ4v) is 3.08. The van der Waals surface area contributed by atoms with Crippen LogP contribution in [0.1, 0.15) is 28.8 Å². The van der Waals surface area contributed by atoms with Crippen LogP contribution in [0.3, 0.4) is 0 Å². The average Bonchev–Trinajstić information content (AvgIpc) is 2.54. The van der Waals surface area contributed by atoms with Gasteiger partial charge in [0.05, 0.1) is 12.7 Å². The van der Waals surface area contributed by atoms with Crippen molar-refractivity contribution in [3.8, 4) is 0 Å². The maximum Gasteiger partial charge on any atom is 0.338 e. The monoisotopic (exact) mass is 323 g/mol. The Morgan fingerprint density at radius 1 is 1.50 bits per heavy atom. The van der Waals surface area contributed by atoms with Gasteiger partial charge in [-0.1, -0.05) is 17.7 Å². The number of hydrogen-bond donors (Lipinski definition) is 0. The standard InChI is InChI=1S/C17H22ClNO3/c1-4-7-19(14-5-8-22-9-6-14)16-11-13(18)10-15(12(16)2)17(20)21-3/h4,10-11,14H,1,5-9H2,2-3H3. The van der Waals surface area contributed by atoms with Gasteiger partial charge < -0.3 is 14.4 Å². The molecule has 0 bridgehead atoms. The van der Waals surface area contributed by atoms with Crippen LogP contribution in [0.25, 0.3) is 0 Å². The summed E-state index contributed by atoms with van der Waals surface area (Å²) in [5, 5.41) is 0.530. The lowest BCUT2D eigenvalue weighted by Crippen LogP contribution is -2.40. The molecule has 1 aliphatic rings. The van der Waals surface area contributed by atoms with Crippen LogP contribution in [-0.4, -0.2) is 38.9 Å². The first-order chi connectivity index (χ1) is 10.6. The van der Waals surface area contributed by atoms with E-state index in [1.165, 1.54) is 7.11 Å². The summed E-state index contributed by atoms with van der Waals surface area (Å²) < 4.78 is 10.3. The van der Waals surface area contributed by atoms with Gasteiger partial charge in [-0.25, -0.2) is 4.79 Å². The number of carbonyl (C=O) groups is 1. The quantitative estimate of drug-likeness (QED) is 0.613. The molecule has 1 saturated heterocycles. The maximum absolute atomic E-state index is 12.0. The van der Waals surface area contributed by atoms with Crippen LogP contribution in [0.5, 0.6) is 0 Å². The first kappa shape index (κ1) is 16.8. The summed E-state index contributed by atoms with van der Waals surface area (Å²) in [5.74, 6) is -0.369. The number of nitrogens with zero attached hydrogens (tertiary/aromatic N) is 1. The Hall–Kier alpha value is -1.52. The number of anilines is 1. The third kappa shape index (κ3) is 3.62. The third-order valence-electron chi connectivity index (χ3n) is 4.02. The second-order valence-corrected chi connectivity index (χ2v) is 5.81. The Bertz CT molecular complexity index is 553. The van der Waals surface area contributed by atoms with E-state index in [9.17, 15) is 4.79 Å². The highest BCUT2D eigenvalue weighted by Crippen LogP contribution is 2.31. The number of methoxy groups -OCH3 is 1. The second kappa shape index (κ2) is 7.65. The smallest absolute Gasteiger partial charge is 0.338 e. The summed E-state index contributed by atoms with van der Waals surface area (Å²) in [4.78, 5) is 14.2. The number of ether oxygens (including phenoxy) is 2. The minimum Gasteiger partial charge on any atom is -0.465 e. The van der Waals surface area contributed by atoms with E-state index >= 15 is 0 Å². The molecular formula is C17H22ClNO3. The molecular weight excluding hydrogens is 302 g/mol. The molecule has 4 nitrogen and oxygen atoms in total. The first-order valence-electron chi connectivity index (χ1n) is 7.42. The Labute approximate surface area is 136 Å². The van der Waals surface area contributed by atoms with Crippen molar-refractivity contribution in [2.45, 2.75) is 25.8 Å². The highest BCUT2D eigenvalue weighted by Gasteiger charge is 2.24. The molecule has 0 spiro atoms. The van der Waals surface area contributed by atoms with Crippen molar-refractivity contribution >= 4 is 23.3 Å². The van der Waals surface area contributed by atoms with Crippen molar-refractivity contribution < 1.29 is 14.3 Å². The van der Waals surface area contributed by atoms with Crippen LogP contribution in [0.4, 0.5) is 5.69 Å². The first-order valence-corrected chi connectivity index (χ1v) is 7.80. The number of benzene rings is 1. The summed E-state index contributed by atoms with van der Waals surface area (Å²) >= 11 is 6.22. The van der Waals surface area contributed by atoms with E-state index in [1.807, 2.05) is 19.1 Å². The van der Waals surface area contributed by atoms with Crippen molar-refractivity contribution in [1.29, 1.82) is 0 Å². The molecule has 0 aromatic heterocycles. The van der Waals surface area contributed by atoms with E-state index in [2.05, 4.69) is 11.5 Å². The summed E-state index contributed by atoms with van der Waals surface area (Å²) in [6.07, 6.45) is 3.77. The number of esters is 1. The molecule has 0 aliphatic carbocycles. The van der Waals surface area contributed by atoms with Crippen LogP contribution in [-0.2, 0) is 9.47 Å². The van der Waals surface area contributed by atoms with Gasteiger partial charge in [-0.2, -0.15) is 0 Å². The number of halogens is 1. The van der Waals surface area contributed by atoms with E-state index in [0.29, 0.717) is 23.2 Å². The normalized spacial score (nSPS) is 15.4. The van der Waals surface area contributed by atoms with Crippen molar-refractivity contribution in [2.75, 3.05) is 31.8 Å². The molecule has 0 amide bonds. The molecule has 0 unspecified atom stereocenters. The molecule has 120 valence electrons. The summed E-state index contributed by atoms with van der Waals surface area (Å²) in [5.41, 5.74) is 2.34. The zero-order valence-electron chi connectivity index (χ0n) is 13.1. The Morgan fingerprint density at radius 2 is 2.18 bits per heavy atom. The number of carbonyl (C=O) groups excluding carboxylic acids is 1. The molecule has 2 rings (SSSR count). The van der Waals surface area contributed by atoms with Gasteiger partial charge in [0.2, 0.25) is 0 Å². The summed E-state index contributed by atoms with van der Waals surface area (Å²) in [7, 11) is 1.38. The molecule has 1 aromatic carbocycles. The highest BCUT2D eigenvalue weighted by atomic mass is 35.5. The molecule has 1 aromatic rings. The summed E-state index contributed by atoms with van der Waals surface area (Å²) in [6.45, 7) is 7.98. The predicted molar refractivity (Wildman–Crippen MR) is 88.9 cm³/mol. The Kier molecular flexibility index (Phi) is 5.86. The molecule has 22 heavy (non-hydrogen) atoms. The fourth-order valence-electron chi connectivity index (χ4n) is 2.86. The molecule has 1 fully saturated rings. The molecule has 1 heterocycles. The molecule has 0 N–H and O–H groups in total. The molecule has 5 heteroatoms. The van der Waals surface area contributed by atoms with Crippen LogP contribution in [0, 0.1) is 6.92 Å². The minimum atomic E-state index is -0.369. The Balaban J connectivity index is 2.43. The average molecular weight is 324 g/mol. The lowest BCUT2D eigenvalue weighted by Gasteiger charge is -2.36. The van der Waals surface area contributed by atoms with Gasteiger partial charge in [-0.3, -0.25) is 0 Å². The largest absolute Gasteiger partial charge is 0.465 e. The van der Waals surface area contributed by atoms with Gasteiger partial charge in [0.25, 0.3) is 0 Å². The van der Waals surface area contributed by atoms with Crippen LogP contribution >= 0.6 is 11.6 Å². The molecule has 0 atom stereocenters. The zero-order chi connectivity index (χ0) is 16.1. The molecule has 0 saturated carbocycles. The van der Waals surface area contributed by atoms with Crippen LogP contribution < -0.4 is 4.90 Å². The van der Waals surface area contributed by atoms with Crippen LogP contribution in [0.15, 0.2) is 24.8 Å². The van der Waals surface area contributed by atoms with Crippen molar-refractivity contribution in [3.05, 3.63) is 40.9 Å². The highest BCUT2D eigenvalue weighted by molar-refractivity contribution is 6.31. The third-order valence-corrected chi connectivity index (χ3v) is 4.24.